The number of nitrogens with zero attached hydrogens (tertiary/aromatic N) is 3. The molecular formula is C17H13ClFN5O. The predicted molar refractivity (Wildman–Crippen MR) is 93.0 cm³/mol. The van der Waals surface area contributed by atoms with Crippen LogP contribution in [0.3, 0.4) is 0 Å². The predicted octanol–water partition coefficient (Wildman–Crippen LogP) is 3.53. The van der Waals surface area contributed by atoms with Gasteiger partial charge in [-0.25, -0.2) is 4.39 Å². The summed E-state index contributed by atoms with van der Waals surface area (Å²) in [5.74, 6) is -0.682. The summed E-state index contributed by atoms with van der Waals surface area (Å²) in [6, 6.07) is 12.8. The van der Waals surface area contributed by atoms with Crippen molar-refractivity contribution in [3.63, 3.8) is 0 Å². The van der Waals surface area contributed by atoms with Crippen LogP contribution in [0.25, 0.3) is 0 Å². The van der Waals surface area contributed by atoms with Crippen LogP contribution in [0, 0.1) is 5.82 Å². The van der Waals surface area contributed by atoms with Gasteiger partial charge in [0.25, 0.3) is 5.91 Å². The number of rotatable bonds is 5. The molecule has 1 aromatic carbocycles. The molecule has 0 fully saturated rings. The maximum Gasteiger partial charge on any atom is 0.261 e. The van der Waals surface area contributed by atoms with Crippen LogP contribution in [0.4, 0.5) is 16.0 Å². The molecule has 3 aromatic rings. The lowest BCUT2D eigenvalue weighted by atomic mass is 10.2. The van der Waals surface area contributed by atoms with Crippen LogP contribution in [-0.2, 0) is 6.54 Å². The van der Waals surface area contributed by atoms with Gasteiger partial charge < -0.3 is 10.6 Å². The van der Waals surface area contributed by atoms with E-state index in [1.807, 2.05) is 18.2 Å². The number of hydrogen-bond acceptors (Lipinski definition) is 5. The van der Waals surface area contributed by atoms with Crippen LogP contribution in [-0.4, -0.2) is 21.1 Å². The van der Waals surface area contributed by atoms with Crippen LogP contribution in [0.1, 0.15) is 16.1 Å². The fourth-order valence-electron chi connectivity index (χ4n) is 2.07. The van der Waals surface area contributed by atoms with Crippen molar-refractivity contribution in [1.29, 1.82) is 0 Å². The van der Waals surface area contributed by atoms with Crippen molar-refractivity contribution in [1.82, 2.24) is 15.2 Å². The molecule has 8 heteroatoms. The Kier molecular flexibility index (Phi) is 5.15. The normalized spacial score (nSPS) is 10.3. The van der Waals surface area contributed by atoms with Crippen LogP contribution >= 0.6 is 11.6 Å². The molecule has 2 N–H and O–H groups in total. The Balaban J connectivity index is 1.63. The SMILES string of the molecule is O=C(Nc1ccc(NCc2ccccn2)nn1)c1c(F)cccc1Cl. The Morgan fingerprint density at radius 2 is 1.84 bits per heavy atom. The molecule has 0 aliphatic carbocycles. The second-order valence-electron chi connectivity index (χ2n) is 5.03. The fraction of sp³-hybridized carbons (Fsp3) is 0.0588. The average Bonchev–Trinajstić information content (AvgIpc) is 2.62. The molecule has 0 radical (unpaired) electrons. The van der Waals surface area contributed by atoms with Gasteiger partial charge in [0.15, 0.2) is 5.82 Å². The Bertz CT molecular complexity index is 854. The molecule has 0 spiro atoms. The van der Waals surface area contributed by atoms with Gasteiger partial charge in [-0.05, 0) is 36.4 Å². The molecule has 6 nitrogen and oxygen atoms in total. The van der Waals surface area contributed by atoms with Gasteiger partial charge >= 0.3 is 0 Å². The van der Waals surface area contributed by atoms with Gasteiger partial charge in [0.2, 0.25) is 0 Å². The van der Waals surface area contributed by atoms with Gasteiger partial charge in [0.05, 0.1) is 22.8 Å². The van der Waals surface area contributed by atoms with Crippen LogP contribution < -0.4 is 10.6 Å². The summed E-state index contributed by atoms with van der Waals surface area (Å²) in [6.45, 7) is 0.492. The van der Waals surface area contributed by atoms with Gasteiger partial charge in [-0.15, -0.1) is 10.2 Å². The number of amides is 1. The summed E-state index contributed by atoms with van der Waals surface area (Å²) in [6.07, 6.45) is 1.70. The van der Waals surface area contributed by atoms with E-state index in [2.05, 4.69) is 25.8 Å². The van der Waals surface area contributed by atoms with E-state index >= 15 is 0 Å². The number of carbonyl (C=O) groups is 1. The Morgan fingerprint density at radius 3 is 2.52 bits per heavy atom. The molecule has 0 aliphatic rings. The van der Waals surface area contributed by atoms with Gasteiger partial charge in [-0.3, -0.25) is 9.78 Å². The fourth-order valence-corrected chi connectivity index (χ4v) is 2.32. The third-order valence-electron chi connectivity index (χ3n) is 3.27. The molecule has 0 saturated heterocycles. The summed E-state index contributed by atoms with van der Waals surface area (Å²) in [5.41, 5.74) is 0.624. The molecule has 0 atom stereocenters. The van der Waals surface area contributed by atoms with Crippen LogP contribution in [0.15, 0.2) is 54.7 Å². The highest BCUT2D eigenvalue weighted by atomic mass is 35.5. The zero-order valence-corrected chi connectivity index (χ0v) is 13.7. The lowest BCUT2D eigenvalue weighted by molar-refractivity contribution is 0.102. The van der Waals surface area contributed by atoms with E-state index in [0.717, 1.165) is 11.8 Å². The highest BCUT2D eigenvalue weighted by Gasteiger charge is 2.16. The Labute approximate surface area is 148 Å². The summed E-state index contributed by atoms with van der Waals surface area (Å²) < 4.78 is 13.7. The number of carbonyl (C=O) groups excluding carboxylic acids is 1. The quantitative estimate of drug-likeness (QED) is 0.730. The van der Waals surface area contributed by atoms with E-state index in [1.165, 1.54) is 12.1 Å². The molecule has 126 valence electrons. The van der Waals surface area contributed by atoms with Gasteiger partial charge in [0, 0.05) is 6.20 Å². The van der Waals surface area contributed by atoms with E-state index in [9.17, 15) is 9.18 Å². The van der Waals surface area contributed by atoms with Gasteiger partial charge in [0.1, 0.15) is 11.6 Å². The lowest BCUT2D eigenvalue weighted by Gasteiger charge is -2.08. The maximum atomic E-state index is 13.7. The number of pyridine rings is 1. The summed E-state index contributed by atoms with van der Waals surface area (Å²) in [5, 5.41) is 13.4. The minimum absolute atomic E-state index is 0.0270. The van der Waals surface area contributed by atoms with E-state index < -0.39 is 11.7 Å². The number of halogens is 2. The largest absolute Gasteiger partial charge is 0.363 e. The van der Waals surface area contributed by atoms with Crippen molar-refractivity contribution < 1.29 is 9.18 Å². The standard InChI is InChI=1S/C17H13ClFN5O/c18-12-5-3-6-13(19)16(12)17(25)22-15-8-7-14(23-24-15)21-10-11-4-1-2-9-20-11/h1-9H,10H2,(H,21,23)(H,22,24,25). The smallest absolute Gasteiger partial charge is 0.261 e. The Morgan fingerprint density at radius 1 is 1.04 bits per heavy atom. The van der Waals surface area contributed by atoms with Crippen molar-refractivity contribution in [2.24, 2.45) is 0 Å². The van der Waals surface area contributed by atoms with Gasteiger partial charge in [-0.2, -0.15) is 0 Å². The van der Waals surface area contributed by atoms with Crippen molar-refractivity contribution in [3.05, 3.63) is 76.8 Å². The first-order chi connectivity index (χ1) is 12.1. The number of hydrogen-bond donors (Lipinski definition) is 2. The highest BCUT2D eigenvalue weighted by Crippen LogP contribution is 2.20. The third-order valence-corrected chi connectivity index (χ3v) is 3.59. The van der Waals surface area contributed by atoms with Crippen LogP contribution in [0.2, 0.25) is 5.02 Å². The van der Waals surface area contributed by atoms with E-state index in [1.54, 1.807) is 18.3 Å². The molecule has 0 unspecified atom stereocenters. The summed E-state index contributed by atoms with van der Waals surface area (Å²) in [7, 11) is 0. The summed E-state index contributed by atoms with van der Waals surface area (Å²) in [4.78, 5) is 16.3. The van der Waals surface area contributed by atoms with Crippen molar-refractivity contribution in [2.45, 2.75) is 6.54 Å². The zero-order chi connectivity index (χ0) is 17.6. The van der Waals surface area contributed by atoms with Gasteiger partial charge in [-0.1, -0.05) is 23.7 Å². The molecule has 0 aliphatic heterocycles. The monoisotopic (exact) mass is 357 g/mol. The molecule has 2 heterocycles. The number of benzene rings is 1. The first-order valence-electron chi connectivity index (χ1n) is 7.36. The zero-order valence-electron chi connectivity index (χ0n) is 12.9. The lowest BCUT2D eigenvalue weighted by Crippen LogP contribution is -2.16. The van der Waals surface area contributed by atoms with Crippen molar-refractivity contribution in [3.8, 4) is 0 Å². The molecule has 3 rings (SSSR count). The van der Waals surface area contributed by atoms with Crippen molar-refractivity contribution >= 4 is 29.1 Å². The maximum absolute atomic E-state index is 13.7. The minimum Gasteiger partial charge on any atom is -0.363 e. The van der Waals surface area contributed by atoms with Crippen molar-refractivity contribution in [2.75, 3.05) is 10.6 Å². The Hall–Kier alpha value is -3.06. The second kappa shape index (κ2) is 7.67. The van der Waals surface area contributed by atoms with E-state index in [0.29, 0.717) is 12.4 Å². The second-order valence-corrected chi connectivity index (χ2v) is 5.44. The molecule has 0 saturated carbocycles. The third kappa shape index (κ3) is 4.27. The summed E-state index contributed by atoms with van der Waals surface area (Å²) >= 11 is 5.86. The molecule has 1 amide bonds. The topological polar surface area (TPSA) is 79.8 Å². The molecule has 0 bridgehead atoms. The number of nitrogens with one attached hydrogen (secondary N) is 2. The molecule has 25 heavy (non-hydrogen) atoms. The van der Waals surface area contributed by atoms with E-state index in [-0.39, 0.29) is 16.4 Å². The molecule has 2 aromatic heterocycles. The first kappa shape index (κ1) is 16.8. The van der Waals surface area contributed by atoms with E-state index in [4.69, 9.17) is 11.6 Å². The average molecular weight is 358 g/mol. The molecular weight excluding hydrogens is 345 g/mol. The first-order valence-corrected chi connectivity index (χ1v) is 7.74. The minimum atomic E-state index is -0.702. The number of aromatic nitrogens is 3. The highest BCUT2D eigenvalue weighted by molar-refractivity contribution is 6.34. The number of anilines is 2. The van der Waals surface area contributed by atoms with Crippen LogP contribution in [0.5, 0.6) is 0 Å².